The Morgan fingerprint density at radius 3 is 2.70 bits per heavy atom. The van der Waals surface area contributed by atoms with Gasteiger partial charge in [-0.2, -0.15) is 0 Å². The molecular formula is C13H16BrClN2O3. The van der Waals surface area contributed by atoms with Gasteiger partial charge in [0, 0.05) is 10.2 Å². The highest BCUT2D eigenvalue weighted by atomic mass is 79.9. The Balaban J connectivity index is 2.60. The SMILES string of the molecule is CCCC[C@H](NC(=O)Nc1ccc(Br)c(Cl)c1)C(=O)O. The monoisotopic (exact) mass is 362 g/mol. The molecule has 3 N–H and O–H groups in total. The molecule has 1 aromatic carbocycles. The molecule has 1 aromatic rings. The lowest BCUT2D eigenvalue weighted by Crippen LogP contribution is -2.42. The van der Waals surface area contributed by atoms with Crippen LogP contribution < -0.4 is 10.6 Å². The summed E-state index contributed by atoms with van der Waals surface area (Å²) < 4.78 is 0.719. The van der Waals surface area contributed by atoms with Gasteiger partial charge in [-0.25, -0.2) is 9.59 Å². The highest BCUT2D eigenvalue weighted by molar-refractivity contribution is 9.10. The lowest BCUT2D eigenvalue weighted by molar-refractivity contribution is -0.139. The number of anilines is 1. The second-order valence-electron chi connectivity index (χ2n) is 4.26. The van der Waals surface area contributed by atoms with Crippen LogP contribution in [0, 0.1) is 0 Å². The van der Waals surface area contributed by atoms with E-state index in [-0.39, 0.29) is 0 Å². The van der Waals surface area contributed by atoms with Crippen molar-refractivity contribution in [1.29, 1.82) is 0 Å². The van der Waals surface area contributed by atoms with Crippen LogP contribution in [0.25, 0.3) is 0 Å². The van der Waals surface area contributed by atoms with Gasteiger partial charge >= 0.3 is 12.0 Å². The highest BCUT2D eigenvalue weighted by Crippen LogP contribution is 2.25. The largest absolute Gasteiger partial charge is 0.480 e. The summed E-state index contributed by atoms with van der Waals surface area (Å²) in [5.41, 5.74) is 0.496. The quantitative estimate of drug-likeness (QED) is 0.718. The number of carbonyl (C=O) groups excluding carboxylic acids is 1. The van der Waals surface area contributed by atoms with E-state index in [1.165, 1.54) is 0 Å². The summed E-state index contributed by atoms with van der Waals surface area (Å²) in [4.78, 5) is 22.8. The van der Waals surface area contributed by atoms with Gasteiger partial charge in [-0.3, -0.25) is 0 Å². The van der Waals surface area contributed by atoms with Crippen molar-refractivity contribution in [3.8, 4) is 0 Å². The minimum absolute atomic E-state index is 0.403. The number of nitrogens with one attached hydrogen (secondary N) is 2. The van der Waals surface area contributed by atoms with E-state index in [1.807, 2.05) is 6.92 Å². The number of aliphatic carboxylic acids is 1. The van der Waals surface area contributed by atoms with Crippen molar-refractivity contribution in [2.75, 3.05) is 5.32 Å². The maximum absolute atomic E-state index is 11.7. The zero-order valence-corrected chi connectivity index (χ0v) is 13.3. The first kappa shape index (κ1) is 16.8. The standard InChI is InChI=1S/C13H16BrClN2O3/c1-2-3-4-11(12(18)19)17-13(20)16-8-5-6-9(14)10(15)7-8/h5-7,11H,2-4H2,1H3,(H,18,19)(H2,16,17,20)/t11-/m0/s1. The van der Waals surface area contributed by atoms with Gasteiger partial charge in [-0.1, -0.05) is 31.4 Å². The number of unbranched alkanes of at least 4 members (excludes halogenated alkanes) is 1. The van der Waals surface area contributed by atoms with Crippen molar-refractivity contribution >= 4 is 45.2 Å². The number of hydrogen-bond acceptors (Lipinski definition) is 2. The molecule has 0 radical (unpaired) electrons. The van der Waals surface area contributed by atoms with Crippen molar-refractivity contribution in [2.24, 2.45) is 0 Å². The molecule has 0 aliphatic rings. The van der Waals surface area contributed by atoms with E-state index in [9.17, 15) is 9.59 Å². The van der Waals surface area contributed by atoms with Crippen LogP contribution in [-0.4, -0.2) is 23.1 Å². The fourth-order valence-corrected chi connectivity index (χ4v) is 1.99. The van der Waals surface area contributed by atoms with Gasteiger partial charge in [0.15, 0.2) is 0 Å². The van der Waals surface area contributed by atoms with E-state index in [2.05, 4.69) is 26.6 Å². The Hall–Kier alpha value is -1.27. The maximum Gasteiger partial charge on any atom is 0.326 e. The molecule has 0 saturated heterocycles. The lowest BCUT2D eigenvalue weighted by atomic mass is 10.1. The van der Waals surface area contributed by atoms with Crippen molar-refractivity contribution in [2.45, 2.75) is 32.2 Å². The van der Waals surface area contributed by atoms with Gasteiger partial charge in [0.1, 0.15) is 6.04 Å². The normalized spacial score (nSPS) is 11.8. The van der Waals surface area contributed by atoms with Crippen molar-refractivity contribution in [1.82, 2.24) is 5.32 Å². The van der Waals surface area contributed by atoms with Crippen LogP contribution in [0.1, 0.15) is 26.2 Å². The van der Waals surface area contributed by atoms with E-state index < -0.39 is 18.0 Å². The third kappa shape index (κ3) is 5.38. The number of amides is 2. The fourth-order valence-electron chi connectivity index (χ4n) is 1.56. The second kappa shape index (κ2) is 8.11. The van der Waals surface area contributed by atoms with Crippen molar-refractivity contribution < 1.29 is 14.7 Å². The van der Waals surface area contributed by atoms with E-state index in [4.69, 9.17) is 16.7 Å². The number of rotatable bonds is 6. The first-order valence-electron chi connectivity index (χ1n) is 6.19. The number of hydrogen-bond donors (Lipinski definition) is 3. The van der Waals surface area contributed by atoms with Crippen LogP contribution in [-0.2, 0) is 4.79 Å². The van der Waals surface area contributed by atoms with Crippen LogP contribution >= 0.6 is 27.5 Å². The van der Waals surface area contributed by atoms with Gasteiger partial charge < -0.3 is 15.7 Å². The summed E-state index contributed by atoms with van der Waals surface area (Å²) in [6, 6.07) is 3.49. The molecule has 5 nitrogen and oxygen atoms in total. The van der Waals surface area contributed by atoms with Gasteiger partial charge in [-0.15, -0.1) is 0 Å². The molecule has 0 aliphatic carbocycles. The summed E-state index contributed by atoms with van der Waals surface area (Å²) in [7, 11) is 0. The van der Waals surface area contributed by atoms with E-state index in [1.54, 1.807) is 18.2 Å². The molecule has 0 heterocycles. The molecule has 0 aliphatic heterocycles. The number of urea groups is 1. The smallest absolute Gasteiger partial charge is 0.326 e. The molecule has 110 valence electrons. The minimum Gasteiger partial charge on any atom is -0.480 e. The van der Waals surface area contributed by atoms with Gasteiger partial charge in [0.2, 0.25) is 0 Å². The molecule has 0 spiro atoms. The summed E-state index contributed by atoms with van der Waals surface area (Å²) >= 11 is 9.15. The lowest BCUT2D eigenvalue weighted by Gasteiger charge is -2.15. The zero-order chi connectivity index (χ0) is 15.1. The number of carbonyl (C=O) groups is 2. The predicted molar refractivity (Wildman–Crippen MR) is 82.3 cm³/mol. The van der Waals surface area contributed by atoms with E-state index >= 15 is 0 Å². The summed E-state index contributed by atoms with van der Waals surface area (Å²) in [6.07, 6.45) is 2.01. The summed E-state index contributed by atoms with van der Waals surface area (Å²) in [5, 5.41) is 14.5. The van der Waals surface area contributed by atoms with Crippen LogP contribution in [0.15, 0.2) is 22.7 Å². The predicted octanol–water partition coefficient (Wildman–Crippen LogP) is 3.87. The average molecular weight is 364 g/mol. The van der Waals surface area contributed by atoms with Gasteiger partial charge in [0.25, 0.3) is 0 Å². The molecule has 0 unspecified atom stereocenters. The topological polar surface area (TPSA) is 78.4 Å². The van der Waals surface area contributed by atoms with Crippen molar-refractivity contribution in [3.05, 3.63) is 27.7 Å². The summed E-state index contributed by atoms with van der Waals surface area (Å²) in [5.74, 6) is -1.04. The Morgan fingerprint density at radius 2 is 2.15 bits per heavy atom. The molecule has 20 heavy (non-hydrogen) atoms. The number of carboxylic acids is 1. The molecule has 1 atom stereocenters. The van der Waals surface area contributed by atoms with Crippen LogP contribution in [0.3, 0.4) is 0 Å². The van der Waals surface area contributed by atoms with Crippen LogP contribution in [0.4, 0.5) is 10.5 Å². The van der Waals surface area contributed by atoms with Crippen LogP contribution in [0.2, 0.25) is 5.02 Å². The Bertz CT molecular complexity index is 497. The third-order valence-electron chi connectivity index (χ3n) is 2.63. The second-order valence-corrected chi connectivity index (χ2v) is 5.52. The van der Waals surface area contributed by atoms with Gasteiger partial charge in [-0.05, 0) is 40.5 Å². The molecule has 0 bridgehead atoms. The van der Waals surface area contributed by atoms with E-state index in [0.717, 1.165) is 17.3 Å². The number of carboxylic acid groups (broad SMARTS) is 1. The molecule has 1 rings (SSSR count). The number of benzene rings is 1. The van der Waals surface area contributed by atoms with Gasteiger partial charge in [0.05, 0.1) is 5.02 Å². The first-order valence-corrected chi connectivity index (χ1v) is 7.36. The van der Waals surface area contributed by atoms with E-state index in [0.29, 0.717) is 17.1 Å². The Kier molecular flexibility index (Phi) is 6.81. The third-order valence-corrected chi connectivity index (χ3v) is 3.86. The zero-order valence-electron chi connectivity index (χ0n) is 11.0. The molecular weight excluding hydrogens is 348 g/mol. The molecule has 0 aromatic heterocycles. The Morgan fingerprint density at radius 1 is 1.45 bits per heavy atom. The maximum atomic E-state index is 11.7. The number of halogens is 2. The van der Waals surface area contributed by atoms with Crippen molar-refractivity contribution in [3.63, 3.8) is 0 Å². The first-order chi connectivity index (χ1) is 9.43. The molecule has 7 heteroatoms. The molecule has 0 saturated carbocycles. The van der Waals surface area contributed by atoms with Crippen LogP contribution in [0.5, 0.6) is 0 Å². The average Bonchev–Trinajstić information content (AvgIpc) is 2.38. The molecule has 2 amide bonds. The fraction of sp³-hybridized carbons (Fsp3) is 0.385. The Labute approximate surface area is 130 Å². The summed E-state index contributed by atoms with van der Waals surface area (Å²) in [6.45, 7) is 1.96. The minimum atomic E-state index is -1.04. The molecule has 0 fully saturated rings. The highest BCUT2D eigenvalue weighted by Gasteiger charge is 2.19.